The number of hydrogen-bond acceptors (Lipinski definition) is 3. The van der Waals surface area contributed by atoms with Crippen LogP contribution in [0.15, 0.2) is 110 Å². The predicted octanol–water partition coefficient (Wildman–Crippen LogP) is 5.90. The lowest BCUT2D eigenvalue weighted by atomic mass is 9.85. The smallest absolute Gasteiger partial charge is 0.123 e. The summed E-state index contributed by atoms with van der Waals surface area (Å²) in [6.07, 6.45) is 11.8. The molecule has 3 heterocycles. The molecule has 0 saturated heterocycles. The van der Waals surface area contributed by atoms with E-state index in [0.717, 1.165) is 27.8 Å². The van der Waals surface area contributed by atoms with Gasteiger partial charge < -0.3 is 0 Å². The summed E-state index contributed by atoms with van der Waals surface area (Å²) in [7, 11) is 0. The molecular weight excluding hydrogens is 411 g/mol. The monoisotopic (exact) mass is 434 g/mol. The quantitative estimate of drug-likeness (QED) is 0.320. The molecule has 0 radical (unpaired) electrons. The average Bonchev–Trinajstić information content (AvgIpc) is 3.33. The Balaban J connectivity index is 1.50. The highest BCUT2D eigenvalue weighted by molar-refractivity contribution is 5.66. The molecule has 0 fully saturated rings. The molecule has 0 amide bonds. The van der Waals surface area contributed by atoms with Gasteiger partial charge in [0.05, 0.1) is 12.7 Å². The number of hydrogen-bond donors (Lipinski definition) is 0. The highest BCUT2D eigenvalue weighted by Crippen LogP contribution is 2.33. The second kappa shape index (κ2) is 9.57. The molecule has 162 valence electrons. The molecule has 0 unspecified atom stereocenters. The number of nitrogens with zero attached hydrogens (tertiary/aromatic N) is 4. The number of halogens is 1. The minimum atomic E-state index is -0.260. The maximum atomic E-state index is 14.3. The molecule has 0 bridgehead atoms. The van der Waals surface area contributed by atoms with Gasteiger partial charge in [0.25, 0.3) is 0 Å². The first kappa shape index (κ1) is 20.8. The largest absolute Gasteiger partial charge is 0.268 e. The highest BCUT2D eigenvalue weighted by atomic mass is 19.1. The van der Waals surface area contributed by atoms with Crippen LogP contribution < -0.4 is 0 Å². The summed E-state index contributed by atoms with van der Waals surface area (Å²) >= 11 is 0. The number of rotatable bonds is 7. The van der Waals surface area contributed by atoms with Crippen LogP contribution >= 0.6 is 0 Å². The summed E-state index contributed by atoms with van der Waals surface area (Å²) in [5, 5.41) is 4.53. The molecule has 0 saturated carbocycles. The van der Waals surface area contributed by atoms with Gasteiger partial charge in [-0.2, -0.15) is 5.10 Å². The molecule has 0 atom stereocenters. The van der Waals surface area contributed by atoms with E-state index in [-0.39, 0.29) is 11.7 Å². The van der Waals surface area contributed by atoms with E-state index >= 15 is 0 Å². The lowest BCUT2D eigenvalue weighted by molar-refractivity contribution is 0.627. The second-order valence-corrected chi connectivity index (χ2v) is 8.04. The van der Waals surface area contributed by atoms with Crippen molar-refractivity contribution in [1.82, 2.24) is 19.7 Å². The Labute approximate surface area is 192 Å². The topological polar surface area (TPSA) is 43.6 Å². The fourth-order valence-corrected chi connectivity index (χ4v) is 4.17. The maximum Gasteiger partial charge on any atom is 0.123 e. The molecule has 5 aromatic rings. The van der Waals surface area contributed by atoms with Crippen molar-refractivity contribution in [2.24, 2.45) is 0 Å². The number of aromatic nitrogens is 4. The van der Waals surface area contributed by atoms with Crippen molar-refractivity contribution in [1.29, 1.82) is 0 Å². The van der Waals surface area contributed by atoms with Gasteiger partial charge in [-0.15, -0.1) is 0 Å². The molecule has 0 aliphatic heterocycles. The molecule has 4 nitrogen and oxygen atoms in total. The zero-order chi connectivity index (χ0) is 22.5. The minimum Gasteiger partial charge on any atom is -0.268 e. The Hall–Kier alpha value is -4.12. The molecule has 33 heavy (non-hydrogen) atoms. The molecule has 2 aromatic carbocycles. The van der Waals surface area contributed by atoms with E-state index in [9.17, 15) is 4.39 Å². The van der Waals surface area contributed by atoms with Crippen LogP contribution in [0.4, 0.5) is 4.39 Å². The van der Waals surface area contributed by atoms with Crippen LogP contribution in [0, 0.1) is 5.82 Å². The van der Waals surface area contributed by atoms with Gasteiger partial charge in [-0.05, 0) is 58.5 Å². The van der Waals surface area contributed by atoms with E-state index in [1.54, 1.807) is 18.5 Å². The van der Waals surface area contributed by atoms with E-state index in [1.807, 2.05) is 65.9 Å². The Bertz CT molecular complexity index is 1280. The Morgan fingerprint density at radius 2 is 1.52 bits per heavy atom. The average molecular weight is 435 g/mol. The van der Waals surface area contributed by atoms with Crippen LogP contribution in [0.25, 0.3) is 11.1 Å². The van der Waals surface area contributed by atoms with Gasteiger partial charge in [0.2, 0.25) is 0 Å². The normalized spacial score (nSPS) is 11.1. The fourth-order valence-electron chi connectivity index (χ4n) is 4.17. The lowest BCUT2D eigenvalue weighted by Gasteiger charge is -2.19. The van der Waals surface area contributed by atoms with Crippen molar-refractivity contribution in [2.45, 2.75) is 18.9 Å². The van der Waals surface area contributed by atoms with E-state index in [1.165, 1.54) is 11.6 Å². The van der Waals surface area contributed by atoms with E-state index in [0.29, 0.717) is 13.0 Å². The second-order valence-electron chi connectivity index (χ2n) is 8.04. The van der Waals surface area contributed by atoms with Crippen molar-refractivity contribution in [3.05, 3.63) is 138 Å². The van der Waals surface area contributed by atoms with Gasteiger partial charge in [0.15, 0.2) is 0 Å². The minimum absolute atomic E-state index is 0.0518. The van der Waals surface area contributed by atoms with E-state index in [4.69, 9.17) is 0 Å². The number of pyridine rings is 2. The summed E-state index contributed by atoms with van der Waals surface area (Å²) < 4.78 is 16.2. The molecule has 5 rings (SSSR count). The first-order valence-corrected chi connectivity index (χ1v) is 10.9. The van der Waals surface area contributed by atoms with Gasteiger partial charge in [0.1, 0.15) is 5.82 Å². The fraction of sp³-hybridized carbons (Fsp3) is 0.107. The van der Waals surface area contributed by atoms with Crippen LogP contribution in [-0.2, 0) is 13.0 Å². The Morgan fingerprint density at radius 3 is 2.18 bits per heavy atom. The molecule has 0 N–H and O–H groups in total. The first-order valence-electron chi connectivity index (χ1n) is 10.9. The van der Waals surface area contributed by atoms with E-state index < -0.39 is 0 Å². The third kappa shape index (κ3) is 4.88. The van der Waals surface area contributed by atoms with Crippen LogP contribution in [0.3, 0.4) is 0 Å². The van der Waals surface area contributed by atoms with Gasteiger partial charge in [-0.3, -0.25) is 14.6 Å². The summed E-state index contributed by atoms with van der Waals surface area (Å²) in [6, 6.07) is 23.2. The lowest BCUT2D eigenvalue weighted by Crippen LogP contribution is -2.07. The molecule has 0 spiro atoms. The van der Waals surface area contributed by atoms with Gasteiger partial charge in [-0.25, -0.2) is 4.39 Å². The van der Waals surface area contributed by atoms with Crippen molar-refractivity contribution >= 4 is 0 Å². The summed E-state index contributed by atoms with van der Waals surface area (Å²) in [5.41, 5.74) is 6.16. The third-order valence-corrected chi connectivity index (χ3v) is 5.80. The van der Waals surface area contributed by atoms with Gasteiger partial charge >= 0.3 is 0 Å². The molecule has 5 heteroatoms. The molecule has 3 aromatic heterocycles. The van der Waals surface area contributed by atoms with Crippen LogP contribution in [-0.4, -0.2) is 19.7 Å². The predicted molar refractivity (Wildman–Crippen MR) is 127 cm³/mol. The van der Waals surface area contributed by atoms with Crippen molar-refractivity contribution in [3.8, 4) is 11.1 Å². The summed E-state index contributed by atoms with van der Waals surface area (Å²) in [6.45, 7) is 0.666. The van der Waals surface area contributed by atoms with Crippen molar-refractivity contribution in [2.75, 3.05) is 0 Å². The number of benzene rings is 2. The molecular formula is C28H23FN4. The van der Waals surface area contributed by atoms with Gasteiger partial charge in [0, 0.05) is 42.5 Å². The third-order valence-electron chi connectivity index (χ3n) is 5.80. The SMILES string of the molecule is Fc1ccc(CC(c2cccnc2)c2cccnc2)c(-c2cnn(Cc3ccccc3)c2)c1. The standard InChI is InChI=1S/C28H23FN4/c29-26-11-10-22(14-27(23-8-4-12-30-16-23)24-9-5-13-31-17-24)28(15-26)25-18-32-33(20-25)19-21-6-2-1-3-7-21/h1-13,15-18,20,27H,14,19H2. The summed E-state index contributed by atoms with van der Waals surface area (Å²) in [4.78, 5) is 8.63. The maximum absolute atomic E-state index is 14.3. The van der Waals surface area contributed by atoms with Crippen LogP contribution in [0.2, 0.25) is 0 Å². The first-order chi connectivity index (χ1) is 16.3. The highest BCUT2D eigenvalue weighted by Gasteiger charge is 2.19. The van der Waals surface area contributed by atoms with Crippen LogP contribution in [0.5, 0.6) is 0 Å². The Morgan fingerprint density at radius 1 is 0.788 bits per heavy atom. The van der Waals surface area contributed by atoms with Crippen molar-refractivity contribution < 1.29 is 4.39 Å². The Kier molecular flexibility index (Phi) is 6.02. The molecule has 0 aliphatic carbocycles. The zero-order valence-electron chi connectivity index (χ0n) is 18.1. The van der Waals surface area contributed by atoms with E-state index in [2.05, 4.69) is 39.3 Å². The van der Waals surface area contributed by atoms with Gasteiger partial charge in [-0.1, -0.05) is 48.5 Å². The van der Waals surface area contributed by atoms with Crippen molar-refractivity contribution in [3.63, 3.8) is 0 Å². The zero-order valence-corrected chi connectivity index (χ0v) is 18.1. The van der Waals surface area contributed by atoms with Crippen LogP contribution in [0.1, 0.15) is 28.2 Å². The summed E-state index contributed by atoms with van der Waals surface area (Å²) in [5.74, 6) is -0.208. The molecule has 0 aliphatic rings.